The third kappa shape index (κ3) is 10.2. The number of epoxide rings is 1. The molecular formula is C46H68N2O9. The van der Waals surface area contributed by atoms with Gasteiger partial charge in [0.2, 0.25) is 11.8 Å². The lowest BCUT2D eigenvalue weighted by Crippen LogP contribution is -2.54. The van der Waals surface area contributed by atoms with Crippen molar-refractivity contribution < 1.29 is 43.5 Å². The maximum atomic E-state index is 14.1. The molecule has 1 aromatic carbocycles. The van der Waals surface area contributed by atoms with Crippen molar-refractivity contribution in [2.24, 2.45) is 17.3 Å². The number of aliphatic hydroxyl groups excluding tert-OH is 2. The molecule has 0 bridgehead atoms. The van der Waals surface area contributed by atoms with Crippen LogP contribution in [0.2, 0.25) is 0 Å². The summed E-state index contributed by atoms with van der Waals surface area (Å²) in [6, 6.07) is 6.34. The lowest BCUT2D eigenvalue weighted by Gasteiger charge is -2.53. The van der Waals surface area contributed by atoms with Gasteiger partial charge in [-0.1, -0.05) is 77.2 Å². The van der Waals surface area contributed by atoms with E-state index in [2.05, 4.69) is 51.3 Å². The van der Waals surface area contributed by atoms with Crippen molar-refractivity contribution in [2.75, 3.05) is 13.2 Å². The van der Waals surface area contributed by atoms with Crippen LogP contribution in [0.25, 0.3) is 6.08 Å². The zero-order valence-electron chi connectivity index (χ0n) is 35.1. The third-order valence-electron chi connectivity index (χ3n) is 13.4. The van der Waals surface area contributed by atoms with Crippen LogP contribution in [0.1, 0.15) is 147 Å². The summed E-state index contributed by atoms with van der Waals surface area (Å²) in [5, 5.41) is 24.8. The summed E-state index contributed by atoms with van der Waals surface area (Å²) in [7, 11) is 0. The summed E-state index contributed by atoms with van der Waals surface area (Å²) >= 11 is 0. The molecule has 3 aliphatic carbocycles. The average Bonchev–Trinajstić information content (AvgIpc) is 3.65. The largest absolute Gasteiger partial charge is 0.456 e. The molecule has 4 fully saturated rings. The fourth-order valence-corrected chi connectivity index (χ4v) is 9.91. The average molecular weight is 793 g/mol. The van der Waals surface area contributed by atoms with E-state index in [1.165, 1.54) is 12.5 Å². The molecule has 9 atom stereocenters. The SMILES string of the molecule is CCCCCC1(CCCCC)O[C@@H]2[C@@H](C=C(C(=O)N[C@@H](C(=O)NCCO)[C@H](C)O)C[C@H]2OC(=O)c2cccc(C=C3CCC4O[C@]4(C)CC[C@@H]4[C@@H]3CC4(C)C)c2)O1. The normalized spacial score (nSPS) is 31.4. The van der Waals surface area contributed by atoms with Gasteiger partial charge >= 0.3 is 5.97 Å². The van der Waals surface area contributed by atoms with Gasteiger partial charge in [0.25, 0.3) is 0 Å². The van der Waals surface area contributed by atoms with E-state index in [0.717, 1.165) is 76.2 Å². The molecule has 2 heterocycles. The summed E-state index contributed by atoms with van der Waals surface area (Å²) in [6.07, 6.45) is 13.8. The first-order valence-electron chi connectivity index (χ1n) is 21.8. The summed E-state index contributed by atoms with van der Waals surface area (Å²) in [4.78, 5) is 40.8. The highest BCUT2D eigenvalue weighted by Crippen LogP contribution is 2.59. The lowest BCUT2D eigenvalue weighted by atomic mass is 9.52. The predicted octanol–water partition coefficient (Wildman–Crippen LogP) is 6.93. The number of amides is 2. The van der Waals surface area contributed by atoms with Gasteiger partial charge in [-0.15, -0.1) is 0 Å². The van der Waals surface area contributed by atoms with Crippen molar-refractivity contribution in [3.63, 3.8) is 0 Å². The molecule has 4 N–H and O–H groups in total. The fraction of sp³-hybridized carbons (Fsp3) is 0.717. The molecule has 5 aliphatic rings. The number of nitrogens with one attached hydrogen (secondary N) is 2. The highest BCUT2D eigenvalue weighted by atomic mass is 16.8. The monoisotopic (exact) mass is 792 g/mol. The van der Waals surface area contributed by atoms with Gasteiger partial charge in [0.05, 0.1) is 30.0 Å². The van der Waals surface area contributed by atoms with Crippen molar-refractivity contribution in [3.8, 4) is 0 Å². The van der Waals surface area contributed by atoms with Crippen LogP contribution in [0.5, 0.6) is 0 Å². The van der Waals surface area contributed by atoms with Crippen LogP contribution in [0.3, 0.4) is 0 Å². The first-order valence-corrected chi connectivity index (χ1v) is 21.8. The van der Waals surface area contributed by atoms with E-state index >= 15 is 0 Å². The molecule has 0 aromatic heterocycles. The van der Waals surface area contributed by atoms with Crippen LogP contribution in [0.15, 0.2) is 41.5 Å². The summed E-state index contributed by atoms with van der Waals surface area (Å²) in [5.74, 6) is -1.45. The zero-order chi connectivity index (χ0) is 41.0. The van der Waals surface area contributed by atoms with Crippen molar-refractivity contribution in [3.05, 3.63) is 52.6 Å². The maximum absolute atomic E-state index is 14.1. The quantitative estimate of drug-likeness (QED) is 0.0747. The third-order valence-corrected chi connectivity index (χ3v) is 13.4. The Labute approximate surface area is 339 Å². The summed E-state index contributed by atoms with van der Waals surface area (Å²) < 4.78 is 26.1. The van der Waals surface area contributed by atoms with Crippen LogP contribution in [-0.2, 0) is 28.5 Å². The predicted molar refractivity (Wildman–Crippen MR) is 218 cm³/mol. The zero-order valence-corrected chi connectivity index (χ0v) is 35.1. The van der Waals surface area contributed by atoms with Crippen molar-refractivity contribution in [1.82, 2.24) is 10.6 Å². The van der Waals surface area contributed by atoms with Crippen LogP contribution in [0, 0.1) is 17.3 Å². The molecule has 1 unspecified atom stereocenters. The second kappa shape index (κ2) is 18.4. The Morgan fingerprint density at radius 2 is 1.75 bits per heavy atom. The van der Waals surface area contributed by atoms with Gasteiger partial charge in [-0.05, 0) is 99.8 Å². The first kappa shape index (κ1) is 43.5. The minimum atomic E-state index is -1.26. The Hall–Kier alpha value is -3.09. The minimum Gasteiger partial charge on any atom is -0.456 e. The Balaban J connectivity index is 1.24. The van der Waals surface area contributed by atoms with E-state index in [0.29, 0.717) is 41.8 Å². The molecule has 2 amide bonds. The van der Waals surface area contributed by atoms with Crippen molar-refractivity contribution in [2.45, 2.75) is 179 Å². The second-order valence-electron chi connectivity index (χ2n) is 18.3. The van der Waals surface area contributed by atoms with Gasteiger partial charge in [0.15, 0.2) is 5.79 Å². The van der Waals surface area contributed by atoms with E-state index in [4.69, 9.17) is 18.9 Å². The number of hydrogen-bond acceptors (Lipinski definition) is 9. The number of aliphatic hydroxyl groups is 2. The smallest absolute Gasteiger partial charge is 0.338 e. The van der Waals surface area contributed by atoms with Gasteiger partial charge in [0, 0.05) is 31.4 Å². The van der Waals surface area contributed by atoms with E-state index in [9.17, 15) is 24.6 Å². The molecule has 11 nitrogen and oxygen atoms in total. The molecule has 1 aromatic rings. The van der Waals surface area contributed by atoms with Gasteiger partial charge in [-0.2, -0.15) is 0 Å². The Morgan fingerprint density at radius 3 is 2.42 bits per heavy atom. The maximum Gasteiger partial charge on any atom is 0.338 e. The standard InChI is InChI=1S/C46H68N2O9/c1-7-9-11-19-46(20-12-10-8-2)55-37-27-33(41(51)48-39(29(3)50)42(52)47-22-23-49)26-36(40(37)57-46)54-43(53)32-15-13-14-30(25-32)24-31-16-17-38-45(6,56-38)21-18-35-34(31)28-44(35,4)5/h13-15,24-25,27,29,34-40,49-50H,7-12,16-23,26,28H2,1-6H3,(H,47,52)(H,48,51)/t29-,34+,35+,36+,37+,38?,39+,40-,45+/m0/s1. The molecule has 2 aliphatic heterocycles. The van der Waals surface area contributed by atoms with E-state index in [1.807, 2.05) is 18.2 Å². The Kier molecular flexibility index (Phi) is 14.1. The Morgan fingerprint density at radius 1 is 1.02 bits per heavy atom. The Bertz CT molecular complexity index is 1640. The molecule has 11 heteroatoms. The number of unbranched alkanes of at least 4 members (excludes halogenated alkanes) is 4. The molecule has 2 saturated heterocycles. The van der Waals surface area contributed by atoms with Crippen LogP contribution in [0.4, 0.5) is 0 Å². The van der Waals surface area contributed by atoms with E-state index in [-0.39, 0.29) is 30.7 Å². The number of rotatable bonds is 17. The van der Waals surface area contributed by atoms with Crippen LogP contribution in [-0.4, -0.2) is 89.1 Å². The number of fused-ring (bicyclic) bond motifs is 3. The minimum absolute atomic E-state index is 0.00977. The van der Waals surface area contributed by atoms with E-state index < -0.39 is 54.0 Å². The second-order valence-corrected chi connectivity index (χ2v) is 18.3. The van der Waals surface area contributed by atoms with Crippen LogP contribution >= 0.6 is 0 Å². The number of ether oxygens (including phenoxy) is 4. The molecule has 57 heavy (non-hydrogen) atoms. The summed E-state index contributed by atoms with van der Waals surface area (Å²) in [5.41, 5.74) is 3.39. The van der Waals surface area contributed by atoms with E-state index in [1.54, 1.807) is 12.1 Å². The highest BCUT2D eigenvalue weighted by molar-refractivity contribution is 5.97. The number of carbonyl (C=O) groups is 3. The molecule has 0 radical (unpaired) electrons. The lowest BCUT2D eigenvalue weighted by molar-refractivity contribution is -0.190. The molecule has 0 spiro atoms. The summed E-state index contributed by atoms with van der Waals surface area (Å²) in [6.45, 7) is 12.5. The first-order chi connectivity index (χ1) is 27.2. The van der Waals surface area contributed by atoms with Crippen molar-refractivity contribution >= 4 is 23.9 Å². The number of allylic oxidation sites excluding steroid dienone is 1. The van der Waals surface area contributed by atoms with Gasteiger partial charge in [0.1, 0.15) is 24.4 Å². The van der Waals surface area contributed by atoms with Gasteiger partial charge in [-0.3, -0.25) is 9.59 Å². The molecule has 2 saturated carbocycles. The van der Waals surface area contributed by atoms with Gasteiger partial charge < -0.3 is 39.8 Å². The topological polar surface area (TPSA) is 156 Å². The number of hydrogen-bond donors (Lipinski definition) is 4. The molecule has 6 rings (SSSR count). The number of benzene rings is 1. The number of esters is 1. The van der Waals surface area contributed by atoms with Crippen LogP contribution < -0.4 is 10.6 Å². The van der Waals surface area contributed by atoms with Crippen molar-refractivity contribution in [1.29, 1.82) is 0 Å². The molecule has 316 valence electrons. The molecular weight excluding hydrogens is 725 g/mol. The highest BCUT2D eigenvalue weighted by Gasteiger charge is 2.56. The fourth-order valence-electron chi connectivity index (χ4n) is 9.91. The van der Waals surface area contributed by atoms with Gasteiger partial charge in [-0.25, -0.2) is 4.79 Å². The number of carbonyl (C=O) groups excluding carboxylic acids is 3.